The largest absolute Gasteiger partial charge is 0.384 e. The SMILES string of the molecule is CCN(CC(C)C#N)c1cccc(N)n1. The fraction of sp³-hybridized carbons (Fsp3) is 0.455. The number of nitrogens with zero attached hydrogens (tertiary/aromatic N) is 3. The van der Waals surface area contributed by atoms with Crippen LogP contribution in [0, 0.1) is 17.2 Å². The fourth-order valence-electron chi connectivity index (χ4n) is 1.37. The van der Waals surface area contributed by atoms with Gasteiger partial charge in [0.25, 0.3) is 0 Å². The van der Waals surface area contributed by atoms with Gasteiger partial charge in [-0.15, -0.1) is 0 Å². The smallest absolute Gasteiger partial charge is 0.130 e. The zero-order chi connectivity index (χ0) is 11.3. The lowest BCUT2D eigenvalue weighted by Gasteiger charge is -2.22. The second-order valence-electron chi connectivity index (χ2n) is 3.49. The highest BCUT2D eigenvalue weighted by molar-refractivity contribution is 5.44. The van der Waals surface area contributed by atoms with E-state index in [0.717, 1.165) is 12.4 Å². The van der Waals surface area contributed by atoms with Gasteiger partial charge in [0, 0.05) is 13.1 Å². The van der Waals surface area contributed by atoms with Crippen LogP contribution in [-0.2, 0) is 0 Å². The van der Waals surface area contributed by atoms with E-state index in [9.17, 15) is 0 Å². The lowest BCUT2D eigenvalue weighted by molar-refractivity contribution is 0.680. The van der Waals surface area contributed by atoms with E-state index in [4.69, 9.17) is 11.0 Å². The summed E-state index contributed by atoms with van der Waals surface area (Å²) in [5.41, 5.74) is 5.61. The Morgan fingerprint density at radius 1 is 1.60 bits per heavy atom. The third-order valence-corrected chi connectivity index (χ3v) is 2.18. The molecular weight excluding hydrogens is 188 g/mol. The van der Waals surface area contributed by atoms with Gasteiger partial charge in [-0.3, -0.25) is 0 Å². The summed E-state index contributed by atoms with van der Waals surface area (Å²) in [6, 6.07) is 7.75. The Morgan fingerprint density at radius 3 is 2.87 bits per heavy atom. The molecule has 15 heavy (non-hydrogen) atoms. The predicted octanol–water partition coefficient (Wildman–Crippen LogP) is 1.65. The Hall–Kier alpha value is -1.76. The van der Waals surface area contributed by atoms with Gasteiger partial charge in [-0.1, -0.05) is 6.07 Å². The van der Waals surface area contributed by atoms with E-state index in [0.29, 0.717) is 12.4 Å². The molecule has 1 atom stereocenters. The van der Waals surface area contributed by atoms with Crippen molar-refractivity contribution in [2.24, 2.45) is 5.92 Å². The molecule has 1 aromatic rings. The topological polar surface area (TPSA) is 65.9 Å². The highest BCUT2D eigenvalue weighted by Crippen LogP contribution is 2.13. The first kappa shape index (κ1) is 11.3. The molecule has 2 N–H and O–H groups in total. The van der Waals surface area contributed by atoms with Crippen LogP contribution in [0.15, 0.2) is 18.2 Å². The van der Waals surface area contributed by atoms with Crippen LogP contribution in [0.3, 0.4) is 0 Å². The van der Waals surface area contributed by atoms with Crippen LogP contribution in [0.1, 0.15) is 13.8 Å². The number of nitrogen functional groups attached to an aromatic ring is 1. The first-order valence-corrected chi connectivity index (χ1v) is 5.04. The third kappa shape index (κ3) is 3.13. The lowest BCUT2D eigenvalue weighted by atomic mass is 10.2. The van der Waals surface area contributed by atoms with Gasteiger partial charge < -0.3 is 10.6 Å². The van der Waals surface area contributed by atoms with Gasteiger partial charge in [-0.25, -0.2) is 4.98 Å². The second-order valence-corrected chi connectivity index (χ2v) is 3.49. The van der Waals surface area contributed by atoms with E-state index in [2.05, 4.69) is 11.1 Å². The molecule has 1 unspecified atom stereocenters. The van der Waals surface area contributed by atoms with Crippen molar-refractivity contribution < 1.29 is 0 Å². The van der Waals surface area contributed by atoms with Crippen molar-refractivity contribution in [3.8, 4) is 6.07 Å². The van der Waals surface area contributed by atoms with E-state index in [1.807, 2.05) is 30.9 Å². The van der Waals surface area contributed by atoms with E-state index in [1.54, 1.807) is 6.07 Å². The van der Waals surface area contributed by atoms with E-state index >= 15 is 0 Å². The molecule has 80 valence electrons. The Bertz CT molecular complexity index is 356. The van der Waals surface area contributed by atoms with Crippen LogP contribution < -0.4 is 10.6 Å². The van der Waals surface area contributed by atoms with Crippen LogP contribution in [0.4, 0.5) is 11.6 Å². The molecule has 0 spiro atoms. The molecule has 1 aromatic heterocycles. The summed E-state index contributed by atoms with van der Waals surface area (Å²) in [7, 11) is 0. The van der Waals surface area contributed by atoms with Crippen LogP contribution in [-0.4, -0.2) is 18.1 Å². The Kier molecular flexibility index (Phi) is 3.92. The molecule has 0 saturated heterocycles. The third-order valence-electron chi connectivity index (χ3n) is 2.18. The first-order valence-electron chi connectivity index (χ1n) is 5.04. The molecule has 0 aliphatic rings. The van der Waals surface area contributed by atoms with Gasteiger partial charge in [-0.2, -0.15) is 5.26 Å². The van der Waals surface area contributed by atoms with Crippen molar-refractivity contribution in [3.05, 3.63) is 18.2 Å². The fourth-order valence-corrected chi connectivity index (χ4v) is 1.37. The van der Waals surface area contributed by atoms with Crippen molar-refractivity contribution in [2.45, 2.75) is 13.8 Å². The van der Waals surface area contributed by atoms with Gasteiger partial charge in [0.2, 0.25) is 0 Å². The maximum atomic E-state index is 8.76. The summed E-state index contributed by atoms with van der Waals surface area (Å²) in [4.78, 5) is 6.27. The average molecular weight is 204 g/mol. The number of rotatable bonds is 4. The maximum absolute atomic E-state index is 8.76. The number of nitrogens with two attached hydrogens (primary N) is 1. The summed E-state index contributed by atoms with van der Waals surface area (Å²) in [6.45, 7) is 5.44. The van der Waals surface area contributed by atoms with Crippen LogP contribution in [0.25, 0.3) is 0 Å². The number of pyridine rings is 1. The molecule has 0 fully saturated rings. The number of hydrogen-bond donors (Lipinski definition) is 1. The van der Waals surface area contributed by atoms with Gasteiger partial charge in [-0.05, 0) is 26.0 Å². The van der Waals surface area contributed by atoms with Crippen molar-refractivity contribution in [2.75, 3.05) is 23.7 Å². The van der Waals surface area contributed by atoms with Gasteiger partial charge in [0.1, 0.15) is 11.6 Å². The molecular formula is C11H16N4. The van der Waals surface area contributed by atoms with E-state index in [-0.39, 0.29) is 5.92 Å². The van der Waals surface area contributed by atoms with Crippen LogP contribution in [0.2, 0.25) is 0 Å². The zero-order valence-corrected chi connectivity index (χ0v) is 9.14. The summed E-state index contributed by atoms with van der Waals surface area (Å²) in [5.74, 6) is 1.34. The Morgan fingerprint density at radius 2 is 2.33 bits per heavy atom. The minimum absolute atomic E-state index is 0.00631. The Labute approximate surface area is 90.3 Å². The molecule has 0 aliphatic heterocycles. The monoisotopic (exact) mass is 204 g/mol. The van der Waals surface area contributed by atoms with E-state index in [1.165, 1.54) is 0 Å². The molecule has 0 bridgehead atoms. The molecule has 4 heteroatoms. The number of aromatic nitrogens is 1. The van der Waals surface area contributed by atoms with E-state index < -0.39 is 0 Å². The van der Waals surface area contributed by atoms with Gasteiger partial charge in [0.15, 0.2) is 0 Å². The van der Waals surface area contributed by atoms with Crippen LogP contribution in [0.5, 0.6) is 0 Å². The van der Waals surface area contributed by atoms with Gasteiger partial charge >= 0.3 is 0 Å². The molecule has 0 radical (unpaired) electrons. The normalized spacial score (nSPS) is 11.8. The van der Waals surface area contributed by atoms with Gasteiger partial charge in [0.05, 0.1) is 12.0 Å². The summed E-state index contributed by atoms with van der Waals surface area (Å²) in [5, 5.41) is 8.76. The number of nitriles is 1. The minimum Gasteiger partial charge on any atom is -0.384 e. The Balaban J connectivity index is 2.79. The summed E-state index contributed by atoms with van der Waals surface area (Å²) < 4.78 is 0. The quantitative estimate of drug-likeness (QED) is 0.809. The first-order chi connectivity index (χ1) is 7.17. The van der Waals surface area contributed by atoms with Crippen LogP contribution >= 0.6 is 0 Å². The molecule has 1 rings (SSSR count). The summed E-state index contributed by atoms with van der Waals surface area (Å²) >= 11 is 0. The molecule has 1 heterocycles. The number of hydrogen-bond acceptors (Lipinski definition) is 4. The highest BCUT2D eigenvalue weighted by Gasteiger charge is 2.09. The predicted molar refractivity (Wildman–Crippen MR) is 61.3 cm³/mol. The molecule has 0 aromatic carbocycles. The maximum Gasteiger partial charge on any atom is 0.130 e. The molecule has 4 nitrogen and oxygen atoms in total. The zero-order valence-electron chi connectivity index (χ0n) is 9.14. The number of anilines is 2. The second kappa shape index (κ2) is 5.20. The molecule has 0 amide bonds. The van der Waals surface area contributed by atoms with Crippen molar-refractivity contribution >= 4 is 11.6 Å². The minimum atomic E-state index is -0.00631. The summed E-state index contributed by atoms with van der Waals surface area (Å²) in [6.07, 6.45) is 0. The average Bonchev–Trinajstić information content (AvgIpc) is 2.25. The lowest BCUT2D eigenvalue weighted by Crippen LogP contribution is -2.28. The van der Waals surface area contributed by atoms with Crippen molar-refractivity contribution in [1.29, 1.82) is 5.26 Å². The van der Waals surface area contributed by atoms with Crippen molar-refractivity contribution in [3.63, 3.8) is 0 Å². The standard InChI is InChI=1S/C11H16N4/c1-3-15(8-9(2)7-12)11-6-4-5-10(13)14-11/h4-6,9H,3,8H2,1-2H3,(H2,13,14). The highest BCUT2D eigenvalue weighted by atomic mass is 15.2. The molecule has 0 saturated carbocycles. The van der Waals surface area contributed by atoms with Crippen molar-refractivity contribution in [1.82, 2.24) is 4.98 Å². The molecule has 0 aliphatic carbocycles.